The van der Waals surface area contributed by atoms with Crippen molar-refractivity contribution in [2.24, 2.45) is 0 Å². The molecule has 576 valence electrons. The molecule has 0 aliphatic heterocycles. The van der Waals surface area contributed by atoms with Gasteiger partial charge in [0.1, 0.15) is 0 Å². The van der Waals surface area contributed by atoms with E-state index < -0.39 is 5.41 Å². The van der Waals surface area contributed by atoms with Gasteiger partial charge in [-0.2, -0.15) is 0 Å². The summed E-state index contributed by atoms with van der Waals surface area (Å²) in [5, 5.41) is 7.19. The molecule has 0 N–H and O–H groups in total. The predicted octanol–water partition coefficient (Wildman–Crippen LogP) is 33.4. The summed E-state index contributed by atoms with van der Waals surface area (Å²) >= 11 is 0. The maximum atomic E-state index is 2.58. The summed E-state index contributed by atoms with van der Waals surface area (Å²) in [7, 11) is 0. The Kier molecular flexibility index (Phi) is 18.0. The minimum absolute atomic E-state index is 0.195. The van der Waals surface area contributed by atoms with E-state index in [-0.39, 0.29) is 5.41 Å². The van der Waals surface area contributed by atoms with Crippen molar-refractivity contribution in [1.82, 2.24) is 0 Å². The highest BCUT2D eigenvalue weighted by Gasteiger charge is 2.40. The summed E-state index contributed by atoms with van der Waals surface area (Å²) in [6, 6.07) is 168. The van der Waals surface area contributed by atoms with E-state index in [0.29, 0.717) is 0 Å². The normalized spacial score (nSPS) is 12.7. The van der Waals surface area contributed by atoms with Gasteiger partial charge >= 0.3 is 0 Å². The molecular formula is C120H86N2. The number of para-hydroxylation sites is 2. The van der Waals surface area contributed by atoms with Gasteiger partial charge in [0.15, 0.2) is 0 Å². The first-order valence-corrected chi connectivity index (χ1v) is 42.6. The third-order valence-corrected chi connectivity index (χ3v) is 26.1. The van der Waals surface area contributed by atoms with Crippen LogP contribution in [0.15, 0.2) is 449 Å². The second-order valence-electron chi connectivity index (χ2n) is 33.6. The molecule has 0 unspecified atom stereocenters. The van der Waals surface area contributed by atoms with Crippen molar-refractivity contribution in [1.29, 1.82) is 0 Å². The highest BCUT2D eigenvalue weighted by Crippen LogP contribution is 2.60. The highest BCUT2D eigenvalue weighted by atomic mass is 15.2. The molecule has 0 heterocycles. The average molecular weight is 1560 g/mol. The van der Waals surface area contributed by atoms with Crippen LogP contribution in [-0.2, 0) is 10.8 Å². The van der Waals surface area contributed by atoms with Gasteiger partial charge in [-0.05, 0) is 227 Å². The summed E-state index contributed by atoms with van der Waals surface area (Å²) < 4.78 is 0. The molecule has 0 saturated heterocycles. The molecule has 0 aromatic heterocycles. The van der Waals surface area contributed by atoms with Crippen LogP contribution >= 0.6 is 0 Å². The Morgan fingerprint density at radius 1 is 0.156 bits per heavy atom. The number of anilines is 6. The van der Waals surface area contributed by atoms with E-state index in [1.54, 1.807) is 0 Å². The van der Waals surface area contributed by atoms with Gasteiger partial charge in [0, 0.05) is 44.5 Å². The average Bonchev–Trinajstić information content (AvgIpc) is 1.54. The summed E-state index contributed by atoms with van der Waals surface area (Å²) in [5.74, 6) is 0. The quantitative estimate of drug-likeness (QED) is 0.0890. The lowest BCUT2D eigenvalue weighted by molar-refractivity contribution is 0.660. The van der Waals surface area contributed by atoms with Crippen LogP contribution < -0.4 is 9.80 Å². The maximum absolute atomic E-state index is 2.58. The van der Waals surface area contributed by atoms with Gasteiger partial charge < -0.3 is 9.80 Å². The highest BCUT2D eigenvalue weighted by molar-refractivity contribution is 6.16. The van der Waals surface area contributed by atoms with E-state index in [2.05, 4.69) is 486 Å². The Balaban J connectivity index is 0.732. The number of hydrogen-bond acceptors (Lipinski definition) is 2. The zero-order valence-electron chi connectivity index (χ0n) is 68.6. The number of benzene rings is 20. The van der Waals surface area contributed by atoms with Crippen molar-refractivity contribution in [2.45, 2.75) is 38.5 Å². The van der Waals surface area contributed by atoms with Crippen LogP contribution in [0, 0.1) is 0 Å². The Morgan fingerprint density at radius 3 is 1.08 bits per heavy atom. The van der Waals surface area contributed by atoms with Gasteiger partial charge in [-0.15, -0.1) is 0 Å². The number of nitrogens with zero attached hydrogens (tertiary/aromatic N) is 2. The molecule has 20 aromatic rings. The zero-order chi connectivity index (χ0) is 81.6. The summed E-state index contributed by atoms with van der Waals surface area (Å²) in [4.78, 5) is 5.14. The first-order valence-electron chi connectivity index (χ1n) is 42.6. The van der Waals surface area contributed by atoms with Crippen LogP contribution in [-0.4, -0.2) is 0 Å². The van der Waals surface area contributed by atoms with E-state index >= 15 is 0 Å². The molecule has 2 aliphatic rings. The second kappa shape index (κ2) is 30.0. The molecular weight excluding hydrogens is 1470 g/mol. The Bertz CT molecular complexity index is 7490. The molecule has 0 saturated carbocycles. The van der Waals surface area contributed by atoms with E-state index in [4.69, 9.17) is 0 Å². The topological polar surface area (TPSA) is 6.48 Å². The molecule has 0 fully saturated rings. The van der Waals surface area contributed by atoms with Crippen molar-refractivity contribution < 1.29 is 0 Å². The summed E-state index contributed by atoms with van der Waals surface area (Å²) in [6.45, 7) is 9.65. The Hall–Kier alpha value is -15.2. The molecule has 0 bridgehead atoms. The lowest BCUT2D eigenvalue weighted by Gasteiger charge is -2.32. The van der Waals surface area contributed by atoms with Crippen LogP contribution in [0.5, 0.6) is 0 Å². The third-order valence-electron chi connectivity index (χ3n) is 26.1. The van der Waals surface area contributed by atoms with Gasteiger partial charge in [0.2, 0.25) is 0 Å². The minimum atomic E-state index is -0.397. The maximum Gasteiger partial charge on any atom is 0.0546 e. The Labute approximate surface area is 714 Å². The van der Waals surface area contributed by atoms with Crippen molar-refractivity contribution >= 4 is 66.4 Å². The SMILES string of the molecule is CC1(C)c2ccccc2-c2c(-c3ccccc3N(c3ccc4c(c3)cc(-c3ccc5c(c3)C(C)(C)c3cccc(-c6ccccc6N(c6cccc(-c7cccc8ccccc78)c6)c6cccc(-c7ccccc7)c6-c6ccccc6-c6ccccc6)c3-5)c3ccccc34)c3cccc(-c4ccccc4)c3-c3ccccc3-c3ccccc3)cccc21. The fourth-order valence-electron chi connectivity index (χ4n) is 20.4. The van der Waals surface area contributed by atoms with Crippen molar-refractivity contribution in [3.8, 4) is 134 Å². The summed E-state index contributed by atoms with van der Waals surface area (Å²) in [5.41, 5.74) is 39.4. The third kappa shape index (κ3) is 12.2. The number of rotatable bonds is 16. The molecule has 0 atom stereocenters. The molecule has 0 radical (unpaired) electrons. The first kappa shape index (κ1) is 73.2. The van der Waals surface area contributed by atoms with Crippen LogP contribution in [0.2, 0.25) is 0 Å². The van der Waals surface area contributed by atoms with E-state index in [1.807, 2.05) is 0 Å². The second-order valence-corrected chi connectivity index (χ2v) is 33.6. The molecule has 2 heteroatoms. The standard InChI is InChI=1S/C120H86N2/c1-119(2)107-64-28-25-58-104(107)115-102(62-33-65-108(115)119)98-54-27-30-68-112(98)122(114-70-36-61-95(83-43-15-8-16-44-83)118(114)101-57-24-20-51-91(101)80-39-11-6-12-40-80)88-72-74-93-86(76-88)77-106(97-53-22-21-52-96(93)97)85-71-73-105-110(78-85)120(3,4)109-66-34-63-103(116(105)109)99-55-26-29-67-111(99)121(87-48-31-47-84(75-87)92-59-32-46-81-45-17-18-49-89(81)92)113-69-35-60-94(82-41-13-7-14-42-82)117(113)100-56-23-19-50-90(100)79-37-9-5-10-38-79/h5-78H,1-4H3. The first-order chi connectivity index (χ1) is 60.1. The molecule has 122 heavy (non-hydrogen) atoms. The van der Waals surface area contributed by atoms with Crippen molar-refractivity contribution in [3.63, 3.8) is 0 Å². The monoisotopic (exact) mass is 1550 g/mol. The molecule has 2 aliphatic carbocycles. The fraction of sp³-hybridized carbons (Fsp3) is 0.0500. The Morgan fingerprint density at radius 2 is 0.516 bits per heavy atom. The van der Waals surface area contributed by atoms with Gasteiger partial charge in [-0.3, -0.25) is 0 Å². The molecule has 0 amide bonds. The van der Waals surface area contributed by atoms with Gasteiger partial charge in [-0.25, -0.2) is 0 Å². The van der Waals surface area contributed by atoms with Gasteiger partial charge in [0.05, 0.1) is 22.7 Å². The predicted molar refractivity (Wildman–Crippen MR) is 518 cm³/mol. The van der Waals surface area contributed by atoms with E-state index in [1.165, 1.54) is 110 Å². The minimum Gasteiger partial charge on any atom is -0.309 e. The molecule has 2 nitrogen and oxygen atoms in total. The van der Waals surface area contributed by atoms with Gasteiger partial charge in [0.25, 0.3) is 0 Å². The number of fused-ring (bicyclic) bond motifs is 10. The lowest BCUT2D eigenvalue weighted by Crippen LogP contribution is -2.15. The van der Waals surface area contributed by atoms with Crippen molar-refractivity contribution in [2.75, 3.05) is 9.80 Å². The molecule has 20 aromatic carbocycles. The molecule has 0 spiro atoms. The van der Waals surface area contributed by atoms with Crippen LogP contribution in [0.1, 0.15) is 49.9 Å². The van der Waals surface area contributed by atoms with Crippen LogP contribution in [0.4, 0.5) is 34.1 Å². The smallest absolute Gasteiger partial charge is 0.0546 e. The van der Waals surface area contributed by atoms with Gasteiger partial charge in [-0.1, -0.05) is 416 Å². The van der Waals surface area contributed by atoms with Crippen molar-refractivity contribution in [3.05, 3.63) is 471 Å². The van der Waals surface area contributed by atoms with Crippen LogP contribution in [0.25, 0.3) is 166 Å². The van der Waals surface area contributed by atoms with E-state index in [9.17, 15) is 0 Å². The largest absolute Gasteiger partial charge is 0.309 e. The fourth-order valence-corrected chi connectivity index (χ4v) is 20.4. The van der Waals surface area contributed by atoms with Crippen LogP contribution in [0.3, 0.4) is 0 Å². The number of hydrogen-bond donors (Lipinski definition) is 0. The van der Waals surface area contributed by atoms with E-state index in [0.717, 1.165) is 112 Å². The zero-order valence-corrected chi connectivity index (χ0v) is 68.6. The molecule has 22 rings (SSSR count). The summed E-state index contributed by atoms with van der Waals surface area (Å²) in [6.07, 6.45) is 0. The lowest BCUT2D eigenvalue weighted by atomic mass is 9.81.